The van der Waals surface area contributed by atoms with Crippen molar-refractivity contribution >= 4 is 34.7 Å². The summed E-state index contributed by atoms with van der Waals surface area (Å²) < 4.78 is 38.3. The summed E-state index contributed by atoms with van der Waals surface area (Å²) in [5.74, 6) is -0.918. The average molecular weight is 469 g/mol. The number of carbonyl (C=O) groups excluding carboxylic acids is 1. The Morgan fingerprint density at radius 2 is 1.78 bits per heavy atom. The number of hydrogen-bond acceptors (Lipinski definition) is 9. The van der Waals surface area contributed by atoms with Crippen molar-refractivity contribution in [3.63, 3.8) is 0 Å². The molecule has 0 saturated heterocycles. The van der Waals surface area contributed by atoms with Gasteiger partial charge in [-0.1, -0.05) is 0 Å². The number of rotatable bonds is 7. The lowest BCUT2D eigenvalue weighted by Gasteiger charge is -2.11. The Balaban J connectivity index is 1.79. The third-order valence-corrected chi connectivity index (χ3v) is 4.81. The summed E-state index contributed by atoms with van der Waals surface area (Å²) in [6, 6.07) is 5.21. The van der Waals surface area contributed by atoms with Crippen molar-refractivity contribution in [1.82, 2.24) is 20.6 Å². The standard InChI is InChI=1S/C16H10F3N7O5S/c17-16(18,19)9-2-3-10(11(6-9)25(28)29)22-23-14(27)8-1-4-13(12(5-8)26(30)31)32-15-20-7-21-24-15/h1-7,22H,(H,23,27)(H,20,21,24). The predicted octanol–water partition coefficient (Wildman–Crippen LogP) is 3.55. The van der Waals surface area contributed by atoms with Crippen LogP contribution in [0.25, 0.3) is 0 Å². The topological polar surface area (TPSA) is 169 Å². The number of hydrazine groups is 1. The molecule has 0 aliphatic carbocycles. The molecule has 2 aromatic carbocycles. The number of aromatic amines is 1. The van der Waals surface area contributed by atoms with Crippen molar-refractivity contribution in [2.75, 3.05) is 5.43 Å². The molecule has 3 rings (SSSR count). The lowest BCUT2D eigenvalue weighted by molar-refractivity contribution is -0.387. The van der Waals surface area contributed by atoms with Crippen LogP contribution >= 0.6 is 11.8 Å². The second kappa shape index (κ2) is 8.88. The minimum absolute atomic E-state index is 0.162. The minimum atomic E-state index is -4.79. The van der Waals surface area contributed by atoms with Crippen LogP contribution in [0.4, 0.5) is 30.2 Å². The van der Waals surface area contributed by atoms with Gasteiger partial charge in [-0.3, -0.25) is 41.0 Å². The first-order chi connectivity index (χ1) is 15.1. The SMILES string of the molecule is O=C(NNc1ccc(C(F)(F)F)cc1[N+](=O)[O-])c1ccc(Sc2ncn[nH]2)c([N+](=O)[O-])c1. The van der Waals surface area contributed by atoms with Crippen molar-refractivity contribution in [2.24, 2.45) is 0 Å². The fourth-order valence-electron chi connectivity index (χ4n) is 2.40. The molecule has 0 fully saturated rings. The number of amides is 1. The molecule has 0 radical (unpaired) electrons. The third-order valence-electron chi connectivity index (χ3n) is 3.85. The highest BCUT2D eigenvalue weighted by molar-refractivity contribution is 7.99. The third kappa shape index (κ3) is 5.09. The summed E-state index contributed by atoms with van der Waals surface area (Å²) in [5, 5.41) is 28.9. The van der Waals surface area contributed by atoms with E-state index in [1.165, 1.54) is 18.5 Å². The number of halogens is 3. The smallest absolute Gasteiger partial charge is 0.292 e. The van der Waals surface area contributed by atoms with E-state index in [1.807, 2.05) is 0 Å². The van der Waals surface area contributed by atoms with E-state index in [1.54, 1.807) is 0 Å². The van der Waals surface area contributed by atoms with E-state index in [-0.39, 0.29) is 15.6 Å². The predicted molar refractivity (Wildman–Crippen MR) is 103 cm³/mol. The molecule has 0 bridgehead atoms. The Labute approximate surface area is 179 Å². The van der Waals surface area contributed by atoms with Crippen molar-refractivity contribution in [2.45, 2.75) is 16.2 Å². The van der Waals surface area contributed by atoms with Gasteiger partial charge in [-0.2, -0.15) is 18.3 Å². The second-order valence-electron chi connectivity index (χ2n) is 5.90. The Kier molecular flexibility index (Phi) is 6.24. The van der Waals surface area contributed by atoms with Gasteiger partial charge >= 0.3 is 6.18 Å². The van der Waals surface area contributed by atoms with E-state index < -0.39 is 44.6 Å². The van der Waals surface area contributed by atoms with E-state index in [9.17, 15) is 38.2 Å². The Hall–Kier alpha value is -4.21. The molecule has 166 valence electrons. The van der Waals surface area contributed by atoms with Crippen LogP contribution in [-0.2, 0) is 6.18 Å². The molecular weight excluding hydrogens is 459 g/mol. The lowest BCUT2D eigenvalue weighted by Crippen LogP contribution is -2.29. The van der Waals surface area contributed by atoms with Crippen molar-refractivity contribution in [3.8, 4) is 0 Å². The summed E-state index contributed by atoms with van der Waals surface area (Å²) >= 11 is 0.903. The Morgan fingerprint density at radius 3 is 2.38 bits per heavy atom. The average Bonchev–Trinajstić information content (AvgIpc) is 3.24. The molecule has 12 nitrogen and oxygen atoms in total. The number of nitro benzene ring substituents is 2. The minimum Gasteiger partial charge on any atom is -0.292 e. The quantitative estimate of drug-likeness (QED) is 0.346. The first-order valence-corrected chi connectivity index (χ1v) is 9.11. The van der Waals surface area contributed by atoms with E-state index in [0.29, 0.717) is 12.1 Å². The molecule has 3 aromatic rings. The van der Waals surface area contributed by atoms with Crippen LogP contribution in [0.15, 0.2) is 52.8 Å². The van der Waals surface area contributed by atoms with Crippen LogP contribution in [0.3, 0.4) is 0 Å². The molecule has 32 heavy (non-hydrogen) atoms. The molecule has 0 aliphatic heterocycles. The highest BCUT2D eigenvalue weighted by atomic mass is 32.2. The molecule has 0 unspecified atom stereocenters. The molecule has 3 N–H and O–H groups in total. The molecule has 0 atom stereocenters. The fraction of sp³-hybridized carbons (Fsp3) is 0.0625. The van der Waals surface area contributed by atoms with Gasteiger partial charge in [0.1, 0.15) is 12.0 Å². The van der Waals surface area contributed by atoms with Crippen LogP contribution in [0.1, 0.15) is 15.9 Å². The zero-order chi connectivity index (χ0) is 23.5. The van der Waals surface area contributed by atoms with Crippen LogP contribution in [0, 0.1) is 20.2 Å². The molecule has 1 aromatic heterocycles. The van der Waals surface area contributed by atoms with Gasteiger partial charge in [0.2, 0.25) is 0 Å². The van der Waals surface area contributed by atoms with Gasteiger partial charge < -0.3 is 0 Å². The van der Waals surface area contributed by atoms with Crippen LogP contribution < -0.4 is 10.9 Å². The lowest BCUT2D eigenvalue weighted by atomic mass is 10.1. The zero-order valence-electron chi connectivity index (χ0n) is 15.4. The number of benzene rings is 2. The summed E-state index contributed by atoms with van der Waals surface area (Å²) in [7, 11) is 0. The Morgan fingerprint density at radius 1 is 1.06 bits per heavy atom. The van der Waals surface area contributed by atoms with E-state index >= 15 is 0 Å². The van der Waals surface area contributed by atoms with Crippen molar-refractivity contribution in [1.29, 1.82) is 0 Å². The van der Waals surface area contributed by atoms with Gasteiger partial charge in [-0.15, -0.1) is 0 Å². The van der Waals surface area contributed by atoms with Gasteiger partial charge in [0.25, 0.3) is 17.3 Å². The number of alkyl halides is 3. The van der Waals surface area contributed by atoms with Crippen LogP contribution in [0.5, 0.6) is 0 Å². The molecule has 1 heterocycles. The van der Waals surface area contributed by atoms with Crippen LogP contribution in [-0.4, -0.2) is 30.9 Å². The number of nitrogens with one attached hydrogen (secondary N) is 3. The number of aromatic nitrogens is 3. The summed E-state index contributed by atoms with van der Waals surface area (Å²) in [5.41, 5.74) is 1.06. The number of nitro groups is 2. The first-order valence-electron chi connectivity index (χ1n) is 8.30. The fourth-order valence-corrected chi connectivity index (χ4v) is 3.18. The van der Waals surface area contributed by atoms with Gasteiger partial charge in [-0.25, -0.2) is 4.98 Å². The normalized spacial score (nSPS) is 11.1. The number of carbonyl (C=O) groups is 1. The zero-order valence-corrected chi connectivity index (χ0v) is 16.2. The molecule has 1 amide bonds. The maximum Gasteiger partial charge on any atom is 0.416 e. The van der Waals surface area contributed by atoms with Gasteiger partial charge in [-0.05, 0) is 36.0 Å². The largest absolute Gasteiger partial charge is 0.416 e. The Bertz CT molecular complexity index is 1190. The van der Waals surface area contributed by atoms with E-state index in [2.05, 4.69) is 26.0 Å². The van der Waals surface area contributed by atoms with Gasteiger partial charge in [0.15, 0.2) is 5.16 Å². The second-order valence-corrected chi connectivity index (χ2v) is 6.93. The maximum atomic E-state index is 12.8. The molecule has 16 heteroatoms. The highest BCUT2D eigenvalue weighted by Gasteiger charge is 2.33. The van der Waals surface area contributed by atoms with Gasteiger partial charge in [0.05, 0.1) is 20.3 Å². The highest BCUT2D eigenvalue weighted by Crippen LogP contribution is 2.35. The van der Waals surface area contributed by atoms with E-state index in [4.69, 9.17) is 0 Å². The summed E-state index contributed by atoms with van der Waals surface area (Å²) in [6.07, 6.45) is -3.58. The number of anilines is 1. The molecule has 0 spiro atoms. The summed E-state index contributed by atoms with van der Waals surface area (Å²) in [6.45, 7) is 0. The molecular formula is C16H10F3N7O5S. The summed E-state index contributed by atoms with van der Waals surface area (Å²) in [4.78, 5) is 37.0. The number of nitrogens with zero attached hydrogens (tertiary/aromatic N) is 4. The number of H-pyrrole nitrogens is 1. The maximum absolute atomic E-state index is 12.8. The van der Waals surface area contributed by atoms with Gasteiger partial charge in [0, 0.05) is 17.7 Å². The molecule has 0 aliphatic rings. The van der Waals surface area contributed by atoms with Crippen LogP contribution in [0.2, 0.25) is 0 Å². The monoisotopic (exact) mass is 469 g/mol. The first kappa shape index (κ1) is 22.5. The van der Waals surface area contributed by atoms with E-state index in [0.717, 1.165) is 23.9 Å². The van der Waals surface area contributed by atoms with Crippen molar-refractivity contribution < 1.29 is 27.8 Å². The molecule has 0 saturated carbocycles. The number of hydrogen-bond donors (Lipinski definition) is 3. The van der Waals surface area contributed by atoms with Crippen molar-refractivity contribution in [3.05, 3.63) is 74.1 Å².